The van der Waals surface area contributed by atoms with Crippen LogP contribution in [0.4, 0.5) is 5.95 Å². The van der Waals surface area contributed by atoms with Gasteiger partial charge in [0.15, 0.2) is 5.65 Å². The highest BCUT2D eigenvalue weighted by molar-refractivity contribution is 6.33. The zero-order valence-corrected chi connectivity index (χ0v) is 15.2. The third kappa shape index (κ3) is 3.68. The summed E-state index contributed by atoms with van der Waals surface area (Å²) in [6, 6.07) is 19.3. The van der Waals surface area contributed by atoms with E-state index in [1.54, 1.807) is 18.3 Å². The van der Waals surface area contributed by atoms with Crippen molar-refractivity contribution in [2.24, 2.45) is 0 Å². The summed E-state index contributed by atoms with van der Waals surface area (Å²) in [5, 5.41) is 4.17. The third-order valence-corrected chi connectivity index (χ3v) is 4.65. The van der Waals surface area contributed by atoms with Crippen molar-refractivity contribution >= 4 is 28.6 Å². The van der Waals surface area contributed by atoms with Crippen LogP contribution in [0, 0.1) is 0 Å². The maximum absolute atomic E-state index is 12.7. The lowest BCUT2D eigenvalue weighted by Crippen LogP contribution is -2.16. The second-order valence-electron chi connectivity index (χ2n) is 6.11. The van der Waals surface area contributed by atoms with Crippen LogP contribution in [0.2, 0.25) is 5.02 Å². The van der Waals surface area contributed by atoms with E-state index in [0.29, 0.717) is 28.5 Å². The number of nitrogens with one attached hydrogen (secondary N) is 2. The van der Waals surface area contributed by atoms with Crippen LogP contribution in [0.25, 0.3) is 22.2 Å². The Morgan fingerprint density at radius 1 is 0.963 bits per heavy atom. The molecule has 27 heavy (non-hydrogen) atoms. The first kappa shape index (κ1) is 17.2. The SMILES string of the molecule is O=c1[nH]c(NCCc2ccccc2)nc2nccc(-c3ccccc3Cl)c12. The van der Waals surface area contributed by atoms with Crippen LogP contribution >= 0.6 is 11.6 Å². The highest BCUT2D eigenvalue weighted by Crippen LogP contribution is 2.30. The fraction of sp³-hybridized carbons (Fsp3) is 0.0952. The van der Waals surface area contributed by atoms with E-state index in [2.05, 4.69) is 32.4 Å². The van der Waals surface area contributed by atoms with E-state index < -0.39 is 0 Å². The van der Waals surface area contributed by atoms with Crippen molar-refractivity contribution in [2.45, 2.75) is 6.42 Å². The number of fused-ring (bicyclic) bond motifs is 1. The number of aromatic amines is 1. The molecule has 2 aromatic carbocycles. The predicted molar refractivity (Wildman–Crippen MR) is 109 cm³/mol. The molecule has 0 fully saturated rings. The number of nitrogens with zero attached hydrogens (tertiary/aromatic N) is 2. The molecule has 4 aromatic rings. The minimum Gasteiger partial charge on any atom is -0.355 e. The molecule has 2 aromatic heterocycles. The van der Waals surface area contributed by atoms with Gasteiger partial charge in [0, 0.05) is 28.9 Å². The second kappa shape index (κ2) is 7.60. The van der Waals surface area contributed by atoms with Gasteiger partial charge in [-0.1, -0.05) is 60.1 Å². The summed E-state index contributed by atoms with van der Waals surface area (Å²) in [6.07, 6.45) is 2.47. The zero-order valence-electron chi connectivity index (χ0n) is 14.4. The van der Waals surface area contributed by atoms with Gasteiger partial charge in [-0.3, -0.25) is 9.78 Å². The summed E-state index contributed by atoms with van der Waals surface area (Å²) >= 11 is 6.30. The standard InChI is InChI=1S/C21H17ClN4O/c22-17-9-5-4-8-15(17)16-11-13-23-19-18(16)20(27)26-21(25-19)24-12-10-14-6-2-1-3-7-14/h1-9,11,13H,10,12H2,(H2,23,24,25,26,27). The van der Waals surface area contributed by atoms with Crippen molar-refractivity contribution in [3.05, 3.63) is 87.8 Å². The Morgan fingerprint density at radius 3 is 2.56 bits per heavy atom. The number of halogens is 1. The average molecular weight is 377 g/mol. The summed E-state index contributed by atoms with van der Waals surface area (Å²) < 4.78 is 0. The Balaban J connectivity index is 1.65. The molecule has 5 nitrogen and oxygen atoms in total. The summed E-state index contributed by atoms with van der Waals surface area (Å²) in [4.78, 5) is 24.3. The van der Waals surface area contributed by atoms with Gasteiger partial charge in [-0.05, 0) is 24.1 Å². The number of hydrogen-bond acceptors (Lipinski definition) is 4. The van der Waals surface area contributed by atoms with Crippen molar-refractivity contribution in [3.63, 3.8) is 0 Å². The van der Waals surface area contributed by atoms with Gasteiger partial charge in [-0.15, -0.1) is 0 Å². The van der Waals surface area contributed by atoms with E-state index in [0.717, 1.165) is 17.5 Å². The molecule has 0 saturated carbocycles. The van der Waals surface area contributed by atoms with Crippen LogP contribution in [0.5, 0.6) is 0 Å². The van der Waals surface area contributed by atoms with Crippen molar-refractivity contribution in [1.82, 2.24) is 15.0 Å². The monoisotopic (exact) mass is 376 g/mol. The molecule has 4 rings (SSSR count). The highest BCUT2D eigenvalue weighted by Gasteiger charge is 2.13. The summed E-state index contributed by atoms with van der Waals surface area (Å²) in [6.45, 7) is 0.655. The Bertz CT molecular complexity index is 1140. The van der Waals surface area contributed by atoms with E-state index in [-0.39, 0.29) is 5.56 Å². The van der Waals surface area contributed by atoms with E-state index in [1.807, 2.05) is 36.4 Å². The fourth-order valence-electron chi connectivity index (χ4n) is 3.02. The van der Waals surface area contributed by atoms with Gasteiger partial charge in [0.1, 0.15) is 0 Å². The van der Waals surface area contributed by atoms with Crippen molar-refractivity contribution in [3.8, 4) is 11.1 Å². The van der Waals surface area contributed by atoms with E-state index >= 15 is 0 Å². The van der Waals surface area contributed by atoms with Crippen LogP contribution in [-0.4, -0.2) is 21.5 Å². The minimum absolute atomic E-state index is 0.245. The molecule has 0 amide bonds. The van der Waals surface area contributed by atoms with Crippen LogP contribution in [0.1, 0.15) is 5.56 Å². The first-order valence-corrected chi connectivity index (χ1v) is 9.02. The predicted octanol–water partition coefficient (Wildman–Crippen LogP) is 4.29. The Morgan fingerprint density at radius 2 is 1.74 bits per heavy atom. The summed E-state index contributed by atoms with van der Waals surface area (Å²) in [5.41, 5.74) is 2.86. The lowest BCUT2D eigenvalue weighted by Gasteiger charge is -2.09. The van der Waals surface area contributed by atoms with Crippen LogP contribution in [0.15, 0.2) is 71.7 Å². The van der Waals surface area contributed by atoms with E-state index in [9.17, 15) is 4.79 Å². The molecule has 0 bridgehead atoms. The minimum atomic E-state index is -0.245. The summed E-state index contributed by atoms with van der Waals surface area (Å²) in [7, 11) is 0. The number of hydrogen-bond donors (Lipinski definition) is 2. The molecule has 0 aliphatic carbocycles. The quantitative estimate of drug-likeness (QED) is 0.545. The highest BCUT2D eigenvalue weighted by atomic mass is 35.5. The molecule has 0 saturated heterocycles. The molecule has 0 spiro atoms. The van der Waals surface area contributed by atoms with Gasteiger partial charge >= 0.3 is 0 Å². The lowest BCUT2D eigenvalue weighted by molar-refractivity contribution is 0.982. The third-order valence-electron chi connectivity index (χ3n) is 4.32. The first-order chi connectivity index (χ1) is 13.2. The Labute approximate surface area is 161 Å². The smallest absolute Gasteiger partial charge is 0.262 e. The van der Waals surface area contributed by atoms with Crippen LogP contribution < -0.4 is 10.9 Å². The van der Waals surface area contributed by atoms with Gasteiger partial charge < -0.3 is 5.32 Å². The maximum Gasteiger partial charge on any atom is 0.262 e. The second-order valence-corrected chi connectivity index (χ2v) is 6.52. The Hall–Kier alpha value is -3.18. The molecule has 0 aliphatic rings. The molecule has 6 heteroatoms. The van der Waals surface area contributed by atoms with E-state index in [1.165, 1.54) is 5.56 Å². The van der Waals surface area contributed by atoms with Crippen LogP contribution in [-0.2, 0) is 6.42 Å². The van der Waals surface area contributed by atoms with Crippen molar-refractivity contribution < 1.29 is 0 Å². The molecule has 0 radical (unpaired) electrons. The first-order valence-electron chi connectivity index (χ1n) is 8.64. The van der Waals surface area contributed by atoms with E-state index in [4.69, 9.17) is 11.6 Å². The average Bonchev–Trinajstić information content (AvgIpc) is 2.69. The number of rotatable bonds is 5. The number of aromatic nitrogens is 3. The number of H-pyrrole nitrogens is 1. The number of pyridine rings is 1. The number of benzene rings is 2. The van der Waals surface area contributed by atoms with Crippen LogP contribution in [0.3, 0.4) is 0 Å². The molecule has 134 valence electrons. The molecule has 0 aliphatic heterocycles. The van der Waals surface area contributed by atoms with Gasteiger partial charge in [0.05, 0.1) is 5.39 Å². The molecule has 0 unspecified atom stereocenters. The topological polar surface area (TPSA) is 70.7 Å². The van der Waals surface area contributed by atoms with Crippen molar-refractivity contribution in [1.29, 1.82) is 0 Å². The summed E-state index contributed by atoms with van der Waals surface area (Å²) in [5.74, 6) is 0.409. The molecular weight excluding hydrogens is 360 g/mol. The largest absolute Gasteiger partial charge is 0.355 e. The maximum atomic E-state index is 12.7. The Kier molecular flexibility index (Phi) is 4.85. The zero-order chi connectivity index (χ0) is 18.6. The van der Waals surface area contributed by atoms with Gasteiger partial charge in [0.25, 0.3) is 5.56 Å². The molecule has 0 atom stereocenters. The molecular formula is C21H17ClN4O. The van der Waals surface area contributed by atoms with Gasteiger partial charge in [-0.25, -0.2) is 4.98 Å². The molecule has 2 heterocycles. The van der Waals surface area contributed by atoms with Crippen molar-refractivity contribution in [2.75, 3.05) is 11.9 Å². The lowest BCUT2D eigenvalue weighted by atomic mass is 10.0. The van der Waals surface area contributed by atoms with Gasteiger partial charge in [0.2, 0.25) is 5.95 Å². The normalized spacial score (nSPS) is 10.9. The fourth-order valence-corrected chi connectivity index (χ4v) is 3.26. The van der Waals surface area contributed by atoms with Gasteiger partial charge in [-0.2, -0.15) is 4.98 Å². The molecule has 2 N–H and O–H groups in total. The number of anilines is 1.